The van der Waals surface area contributed by atoms with E-state index in [1.165, 1.54) is 12.1 Å². The molecule has 3 N–H and O–H groups in total. The minimum absolute atomic E-state index is 0.0136. The fourth-order valence-corrected chi connectivity index (χ4v) is 2.98. The van der Waals surface area contributed by atoms with E-state index in [4.69, 9.17) is 0 Å². The molecule has 0 fully saturated rings. The van der Waals surface area contributed by atoms with Crippen molar-refractivity contribution in [1.29, 1.82) is 0 Å². The van der Waals surface area contributed by atoms with E-state index in [1.807, 2.05) is 19.1 Å². The van der Waals surface area contributed by atoms with Crippen LogP contribution in [-0.2, 0) is 11.0 Å². The summed E-state index contributed by atoms with van der Waals surface area (Å²) in [5, 5.41) is 7.71. The van der Waals surface area contributed by atoms with Crippen LogP contribution in [0.15, 0.2) is 59.8 Å². The first-order valence-electron chi connectivity index (χ1n) is 8.48. The molecule has 2 aromatic carbocycles. The van der Waals surface area contributed by atoms with Crippen LogP contribution < -0.4 is 16.0 Å². The smallest absolute Gasteiger partial charge is 0.327 e. The van der Waals surface area contributed by atoms with Crippen LogP contribution >= 0.6 is 0 Å². The molecule has 1 aliphatic rings. The van der Waals surface area contributed by atoms with E-state index >= 15 is 0 Å². The van der Waals surface area contributed by atoms with Gasteiger partial charge in [-0.25, -0.2) is 4.79 Å². The summed E-state index contributed by atoms with van der Waals surface area (Å²) in [4.78, 5) is 24.7. The molecule has 0 radical (unpaired) electrons. The van der Waals surface area contributed by atoms with Crippen molar-refractivity contribution in [3.05, 3.63) is 76.5 Å². The van der Waals surface area contributed by atoms with Gasteiger partial charge in [-0.2, -0.15) is 13.2 Å². The summed E-state index contributed by atoms with van der Waals surface area (Å²) in [5.74, 6) is -0.602. The van der Waals surface area contributed by atoms with Crippen LogP contribution in [0.3, 0.4) is 0 Å². The highest BCUT2D eigenvalue weighted by Crippen LogP contribution is 2.32. The molecule has 5 nitrogen and oxygen atoms in total. The summed E-state index contributed by atoms with van der Waals surface area (Å²) in [6, 6.07) is 10.5. The lowest BCUT2D eigenvalue weighted by atomic mass is 9.94. The number of carbonyl (C=O) groups excluding carboxylic acids is 2. The van der Waals surface area contributed by atoms with Crippen LogP contribution in [0.2, 0.25) is 0 Å². The Morgan fingerprint density at radius 1 is 1.07 bits per heavy atom. The minimum Gasteiger partial charge on any atom is -0.327 e. The van der Waals surface area contributed by atoms with Crippen molar-refractivity contribution in [3.8, 4) is 0 Å². The largest absolute Gasteiger partial charge is 0.416 e. The topological polar surface area (TPSA) is 70.2 Å². The number of benzene rings is 2. The van der Waals surface area contributed by atoms with Gasteiger partial charge in [0.15, 0.2) is 0 Å². The molecule has 0 spiro atoms. The second-order valence-corrected chi connectivity index (χ2v) is 6.51. The van der Waals surface area contributed by atoms with Gasteiger partial charge in [0.1, 0.15) is 0 Å². The molecule has 0 aromatic heterocycles. The Bertz CT molecular complexity index is 950. The zero-order valence-corrected chi connectivity index (χ0v) is 15.1. The normalized spacial score (nSPS) is 17.0. The first kappa shape index (κ1) is 19.5. The number of nitrogens with one attached hydrogen (secondary N) is 3. The average Bonchev–Trinajstić information content (AvgIpc) is 2.61. The predicted octanol–water partition coefficient (Wildman–Crippen LogP) is 4.28. The fraction of sp³-hybridized carbons (Fsp3) is 0.200. The van der Waals surface area contributed by atoms with Gasteiger partial charge in [0.2, 0.25) is 0 Å². The summed E-state index contributed by atoms with van der Waals surface area (Å²) in [7, 11) is 0. The van der Waals surface area contributed by atoms with E-state index in [-0.39, 0.29) is 11.3 Å². The molecular formula is C20H18F3N3O2. The molecular weight excluding hydrogens is 371 g/mol. The third-order valence-corrected chi connectivity index (χ3v) is 4.37. The molecule has 8 heteroatoms. The molecule has 0 aliphatic carbocycles. The number of allylic oxidation sites excluding steroid dienone is 1. The summed E-state index contributed by atoms with van der Waals surface area (Å²) in [6.07, 6.45) is -4.51. The van der Waals surface area contributed by atoms with E-state index < -0.39 is 29.7 Å². The molecule has 1 aliphatic heterocycles. The van der Waals surface area contributed by atoms with Crippen molar-refractivity contribution >= 4 is 17.6 Å². The highest BCUT2D eigenvalue weighted by molar-refractivity contribution is 6.06. The van der Waals surface area contributed by atoms with Gasteiger partial charge in [-0.15, -0.1) is 0 Å². The van der Waals surface area contributed by atoms with E-state index in [0.717, 1.165) is 17.7 Å². The van der Waals surface area contributed by atoms with Crippen LogP contribution in [0, 0.1) is 6.92 Å². The molecule has 146 valence electrons. The van der Waals surface area contributed by atoms with Gasteiger partial charge in [-0.3, -0.25) is 4.79 Å². The van der Waals surface area contributed by atoms with Crippen LogP contribution in [0.1, 0.15) is 29.7 Å². The molecule has 1 heterocycles. The molecule has 28 heavy (non-hydrogen) atoms. The first-order chi connectivity index (χ1) is 13.1. The Morgan fingerprint density at radius 3 is 2.39 bits per heavy atom. The maximum Gasteiger partial charge on any atom is 0.416 e. The van der Waals surface area contributed by atoms with Crippen molar-refractivity contribution in [1.82, 2.24) is 10.6 Å². The number of urea groups is 1. The summed E-state index contributed by atoms with van der Waals surface area (Å²) in [6.45, 7) is 3.48. The Labute approximate surface area is 159 Å². The quantitative estimate of drug-likeness (QED) is 0.733. The second kappa shape index (κ2) is 7.38. The zero-order chi connectivity index (χ0) is 20.5. The SMILES string of the molecule is CC1=C(C(=O)Nc2cccc(C(F)(F)F)c2)C(c2ccc(C)cc2)NC(=O)N1. The first-order valence-corrected chi connectivity index (χ1v) is 8.48. The lowest BCUT2D eigenvalue weighted by molar-refractivity contribution is -0.137. The van der Waals surface area contributed by atoms with E-state index in [0.29, 0.717) is 11.3 Å². The highest BCUT2D eigenvalue weighted by atomic mass is 19.4. The fourth-order valence-electron chi connectivity index (χ4n) is 2.98. The predicted molar refractivity (Wildman–Crippen MR) is 98.4 cm³/mol. The molecule has 2 aromatic rings. The highest BCUT2D eigenvalue weighted by Gasteiger charge is 2.33. The summed E-state index contributed by atoms with van der Waals surface area (Å²) in [5.41, 5.74) is 1.41. The Kier molecular flexibility index (Phi) is 5.13. The van der Waals surface area contributed by atoms with Gasteiger partial charge in [0.05, 0.1) is 17.2 Å². The van der Waals surface area contributed by atoms with Gasteiger partial charge in [0.25, 0.3) is 5.91 Å². The number of carbonyl (C=O) groups is 2. The number of anilines is 1. The molecule has 1 atom stereocenters. The average molecular weight is 389 g/mol. The molecule has 3 amide bonds. The Balaban J connectivity index is 1.92. The Morgan fingerprint density at radius 2 is 1.75 bits per heavy atom. The van der Waals surface area contributed by atoms with Crippen LogP contribution in [0.5, 0.6) is 0 Å². The number of amides is 3. The van der Waals surface area contributed by atoms with Crippen molar-refractivity contribution < 1.29 is 22.8 Å². The number of alkyl halides is 3. The number of hydrogen-bond donors (Lipinski definition) is 3. The number of halogens is 3. The lowest BCUT2D eigenvalue weighted by Crippen LogP contribution is -2.45. The van der Waals surface area contributed by atoms with Crippen LogP contribution in [-0.4, -0.2) is 11.9 Å². The summed E-state index contributed by atoms with van der Waals surface area (Å²) < 4.78 is 38.7. The monoisotopic (exact) mass is 389 g/mol. The lowest BCUT2D eigenvalue weighted by Gasteiger charge is -2.28. The third-order valence-electron chi connectivity index (χ3n) is 4.37. The van der Waals surface area contributed by atoms with Crippen LogP contribution in [0.4, 0.5) is 23.7 Å². The van der Waals surface area contributed by atoms with E-state index in [2.05, 4.69) is 16.0 Å². The minimum atomic E-state index is -4.51. The maximum atomic E-state index is 12.9. The Hall–Kier alpha value is -3.29. The van der Waals surface area contributed by atoms with Gasteiger partial charge < -0.3 is 16.0 Å². The van der Waals surface area contributed by atoms with Gasteiger partial charge in [-0.1, -0.05) is 35.9 Å². The maximum absolute atomic E-state index is 12.9. The summed E-state index contributed by atoms with van der Waals surface area (Å²) >= 11 is 0. The van der Waals surface area contributed by atoms with E-state index in [9.17, 15) is 22.8 Å². The van der Waals surface area contributed by atoms with Crippen LogP contribution in [0.25, 0.3) is 0 Å². The van der Waals surface area contributed by atoms with Crippen molar-refractivity contribution in [2.45, 2.75) is 26.1 Å². The second-order valence-electron chi connectivity index (χ2n) is 6.51. The zero-order valence-electron chi connectivity index (χ0n) is 15.1. The van der Waals surface area contributed by atoms with Gasteiger partial charge in [-0.05, 0) is 37.6 Å². The van der Waals surface area contributed by atoms with Crippen molar-refractivity contribution in [2.24, 2.45) is 0 Å². The molecule has 3 rings (SSSR count). The third kappa shape index (κ3) is 4.16. The van der Waals surface area contributed by atoms with Crippen molar-refractivity contribution in [3.63, 3.8) is 0 Å². The number of rotatable bonds is 3. The molecule has 1 unspecified atom stereocenters. The molecule has 0 saturated heterocycles. The molecule has 0 saturated carbocycles. The van der Waals surface area contributed by atoms with E-state index in [1.54, 1.807) is 19.1 Å². The standard InChI is InChI=1S/C20H18F3N3O2/c1-11-6-8-13(9-7-11)17-16(12(2)24-19(28)26-17)18(27)25-15-5-3-4-14(10-15)20(21,22)23/h3-10,17H,1-2H3,(H,25,27)(H2,24,26,28). The van der Waals surface area contributed by atoms with Gasteiger partial charge >= 0.3 is 12.2 Å². The van der Waals surface area contributed by atoms with Gasteiger partial charge in [0, 0.05) is 11.4 Å². The van der Waals surface area contributed by atoms with Crippen molar-refractivity contribution in [2.75, 3.05) is 5.32 Å². The number of hydrogen-bond acceptors (Lipinski definition) is 2. The number of aryl methyl sites for hydroxylation is 1. The molecule has 0 bridgehead atoms.